The third-order valence-electron chi connectivity index (χ3n) is 4.28. The predicted molar refractivity (Wildman–Crippen MR) is 107 cm³/mol. The molecule has 4 nitrogen and oxygen atoms in total. The topological polar surface area (TPSA) is 46.3 Å². The van der Waals surface area contributed by atoms with Crippen LogP contribution in [0.15, 0.2) is 82.8 Å². The van der Waals surface area contributed by atoms with Gasteiger partial charge in [0, 0.05) is 19.0 Å². The molecule has 134 valence electrons. The SMILES string of the molecule is CN(Cc1ccc(-c2ccccc2)cc1)C(=O)c1csc(-c2ccco2)n1. The van der Waals surface area contributed by atoms with Gasteiger partial charge in [-0.15, -0.1) is 11.3 Å². The largest absolute Gasteiger partial charge is 0.462 e. The standard InChI is InChI=1S/C22H18N2O2S/c1-24(22(25)19-15-27-21(23-19)20-8-5-13-26-20)14-16-9-11-18(12-10-16)17-6-3-2-4-7-17/h2-13,15H,14H2,1H3. The molecule has 0 aliphatic rings. The van der Waals surface area contributed by atoms with E-state index in [0.29, 0.717) is 23.0 Å². The van der Waals surface area contributed by atoms with Crippen LogP contribution in [-0.2, 0) is 6.54 Å². The van der Waals surface area contributed by atoms with E-state index in [-0.39, 0.29) is 5.91 Å². The van der Waals surface area contributed by atoms with Crippen LogP contribution in [0.3, 0.4) is 0 Å². The van der Waals surface area contributed by atoms with Crippen LogP contribution in [0.25, 0.3) is 21.9 Å². The summed E-state index contributed by atoms with van der Waals surface area (Å²) in [6.45, 7) is 0.529. The summed E-state index contributed by atoms with van der Waals surface area (Å²) >= 11 is 1.41. The summed E-state index contributed by atoms with van der Waals surface area (Å²) in [4.78, 5) is 18.7. The molecule has 0 N–H and O–H groups in total. The third kappa shape index (κ3) is 3.83. The van der Waals surface area contributed by atoms with Crippen LogP contribution in [0.1, 0.15) is 16.1 Å². The van der Waals surface area contributed by atoms with Gasteiger partial charge in [0.2, 0.25) is 0 Å². The van der Waals surface area contributed by atoms with Crippen molar-refractivity contribution >= 4 is 17.2 Å². The molecule has 4 aromatic rings. The van der Waals surface area contributed by atoms with Gasteiger partial charge in [-0.2, -0.15) is 0 Å². The molecule has 2 aromatic heterocycles. The fourth-order valence-corrected chi connectivity index (χ4v) is 3.62. The van der Waals surface area contributed by atoms with Gasteiger partial charge >= 0.3 is 0 Å². The Morgan fingerprint density at radius 1 is 1.00 bits per heavy atom. The molecule has 0 spiro atoms. The van der Waals surface area contributed by atoms with Gasteiger partial charge < -0.3 is 9.32 Å². The Morgan fingerprint density at radius 3 is 2.44 bits per heavy atom. The second kappa shape index (κ2) is 7.60. The lowest BCUT2D eigenvalue weighted by atomic mass is 10.0. The van der Waals surface area contributed by atoms with Gasteiger partial charge in [-0.3, -0.25) is 4.79 Å². The lowest BCUT2D eigenvalue weighted by Gasteiger charge is -2.16. The van der Waals surface area contributed by atoms with Crippen molar-refractivity contribution < 1.29 is 9.21 Å². The number of hydrogen-bond donors (Lipinski definition) is 0. The zero-order chi connectivity index (χ0) is 18.6. The number of thiazole rings is 1. The quantitative estimate of drug-likeness (QED) is 0.473. The zero-order valence-corrected chi connectivity index (χ0v) is 15.6. The summed E-state index contributed by atoms with van der Waals surface area (Å²) < 4.78 is 5.34. The number of aromatic nitrogens is 1. The summed E-state index contributed by atoms with van der Waals surface area (Å²) in [5.41, 5.74) is 3.86. The highest BCUT2D eigenvalue weighted by Gasteiger charge is 2.17. The molecule has 0 saturated carbocycles. The Bertz CT molecular complexity index is 1020. The lowest BCUT2D eigenvalue weighted by Crippen LogP contribution is -2.26. The van der Waals surface area contributed by atoms with Gasteiger partial charge in [-0.05, 0) is 28.8 Å². The maximum Gasteiger partial charge on any atom is 0.273 e. The Kier molecular flexibility index (Phi) is 4.85. The molecule has 0 aliphatic heterocycles. The van der Waals surface area contributed by atoms with E-state index in [4.69, 9.17) is 4.42 Å². The molecule has 0 aliphatic carbocycles. The molecule has 0 saturated heterocycles. The molecule has 4 rings (SSSR count). The lowest BCUT2D eigenvalue weighted by molar-refractivity contribution is 0.0780. The monoisotopic (exact) mass is 374 g/mol. The maximum absolute atomic E-state index is 12.7. The van der Waals surface area contributed by atoms with Crippen molar-refractivity contribution in [2.75, 3.05) is 7.05 Å². The van der Waals surface area contributed by atoms with Crippen molar-refractivity contribution in [2.45, 2.75) is 6.54 Å². The highest BCUT2D eigenvalue weighted by molar-refractivity contribution is 7.13. The molecule has 5 heteroatoms. The van der Waals surface area contributed by atoms with Crippen LogP contribution in [0, 0.1) is 0 Å². The second-order valence-corrected chi connectivity index (χ2v) is 7.10. The first kappa shape index (κ1) is 17.2. The third-order valence-corrected chi connectivity index (χ3v) is 5.14. The van der Waals surface area contributed by atoms with E-state index in [9.17, 15) is 4.79 Å². The number of carbonyl (C=O) groups is 1. The van der Waals surface area contributed by atoms with E-state index in [1.807, 2.05) is 30.3 Å². The van der Waals surface area contributed by atoms with Crippen LogP contribution in [0.2, 0.25) is 0 Å². The molecule has 1 amide bonds. The Labute approximate surface area is 161 Å². The molecule has 0 radical (unpaired) electrons. The van der Waals surface area contributed by atoms with Crippen LogP contribution in [-0.4, -0.2) is 22.8 Å². The van der Waals surface area contributed by atoms with Gasteiger partial charge in [-0.1, -0.05) is 54.6 Å². The second-order valence-electron chi connectivity index (χ2n) is 6.24. The maximum atomic E-state index is 12.7. The number of amides is 1. The fourth-order valence-electron chi connectivity index (χ4n) is 2.86. The van der Waals surface area contributed by atoms with Crippen molar-refractivity contribution in [3.8, 4) is 21.9 Å². The van der Waals surface area contributed by atoms with E-state index in [0.717, 1.165) is 11.1 Å². The van der Waals surface area contributed by atoms with Crippen LogP contribution in [0.4, 0.5) is 0 Å². The highest BCUT2D eigenvalue weighted by Crippen LogP contribution is 2.25. The molecule has 0 atom stereocenters. The Hall–Kier alpha value is -3.18. The zero-order valence-electron chi connectivity index (χ0n) is 14.8. The smallest absolute Gasteiger partial charge is 0.273 e. The van der Waals surface area contributed by atoms with Gasteiger partial charge in [0.1, 0.15) is 5.69 Å². The van der Waals surface area contributed by atoms with Crippen molar-refractivity contribution in [3.63, 3.8) is 0 Å². The fraction of sp³-hybridized carbons (Fsp3) is 0.0909. The van der Waals surface area contributed by atoms with Crippen molar-refractivity contribution in [1.29, 1.82) is 0 Å². The number of nitrogens with zero attached hydrogens (tertiary/aromatic N) is 2. The summed E-state index contributed by atoms with van der Waals surface area (Å²) in [7, 11) is 1.79. The van der Waals surface area contributed by atoms with Crippen molar-refractivity contribution in [1.82, 2.24) is 9.88 Å². The summed E-state index contributed by atoms with van der Waals surface area (Å²) in [6.07, 6.45) is 1.60. The average molecular weight is 374 g/mol. The summed E-state index contributed by atoms with van der Waals surface area (Å²) in [5.74, 6) is 0.578. The number of hydrogen-bond acceptors (Lipinski definition) is 4. The van der Waals surface area contributed by atoms with E-state index < -0.39 is 0 Å². The van der Waals surface area contributed by atoms with E-state index >= 15 is 0 Å². The number of furan rings is 1. The first-order valence-corrected chi connectivity index (χ1v) is 9.48. The van der Waals surface area contributed by atoms with E-state index in [1.165, 1.54) is 16.9 Å². The van der Waals surface area contributed by atoms with Gasteiger partial charge in [0.25, 0.3) is 5.91 Å². The number of benzene rings is 2. The van der Waals surface area contributed by atoms with Crippen LogP contribution in [0.5, 0.6) is 0 Å². The Morgan fingerprint density at radius 2 is 1.74 bits per heavy atom. The molecule has 0 bridgehead atoms. The number of rotatable bonds is 5. The molecular formula is C22H18N2O2S. The van der Waals surface area contributed by atoms with Crippen molar-refractivity contribution in [2.24, 2.45) is 0 Å². The molecule has 0 unspecified atom stereocenters. The van der Waals surface area contributed by atoms with Gasteiger partial charge in [0.15, 0.2) is 10.8 Å². The first-order chi connectivity index (χ1) is 13.2. The van der Waals surface area contributed by atoms with Gasteiger partial charge in [0.05, 0.1) is 6.26 Å². The summed E-state index contributed by atoms with van der Waals surface area (Å²) in [5, 5.41) is 2.49. The van der Waals surface area contributed by atoms with Crippen molar-refractivity contribution in [3.05, 3.63) is 89.6 Å². The molecule has 0 fully saturated rings. The first-order valence-electron chi connectivity index (χ1n) is 8.60. The Balaban J connectivity index is 1.44. The molecular weight excluding hydrogens is 356 g/mol. The molecule has 2 heterocycles. The van der Waals surface area contributed by atoms with E-state index in [1.54, 1.807) is 23.6 Å². The van der Waals surface area contributed by atoms with Crippen LogP contribution < -0.4 is 0 Å². The minimum atomic E-state index is -0.101. The number of carbonyl (C=O) groups excluding carboxylic acids is 1. The summed E-state index contributed by atoms with van der Waals surface area (Å²) in [6, 6.07) is 22.2. The minimum absolute atomic E-state index is 0.101. The van der Waals surface area contributed by atoms with E-state index in [2.05, 4.69) is 41.4 Å². The minimum Gasteiger partial charge on any atom is -0.462 e. The predicted octanol–water partition coefficient (Wildman–Crippen LogP) is 5.34. The normalized spacial score (nSPS) is 10.7. The van der Waals surface area contributed by atoms with Gasteiger partial charge in [-0.25, -0.2) is 4.98 Å². The average Bonchev–Trinajstić information content (AvgIpc) is 3.40. The molecule has 2 aromatic carbocycles. The molecule has 27 heavy (non-hydrogen) atoms. The highest BCUT2D eigenvalue weighted by atomic mass is 32.1. The van der Waals surface area contributed by atoms with Crippen LogP contribution >= 0.6 is 11.3 Å².